The van der Waals surface area contributed by atoms with Crippen LogP contribution in [0.5, 0.6) is 0 Å². The first-order valence-corrected chi connectivity index (χ1v) is 13.7. The van der Waals surface area contributed by atoms with Crippen molar-refractivity contribution >= 4 is 23.1 Å². The van der Waals surface area contributed by atoms with E-state index in [1.807, 2.05) is 21.7 Å². The van der Waals surface area contributed by atoms with Crippen LogP contribution in [0, 0.1) is 5.92 Å². The second-order valence-corrected chi connectivity index (χ2v) is 10.5. The molecule has 2 fully saturated rings. The number of hydrogen-bond donors (Lipinski definition) is 0. The summed E-state index contributed by atoms with van der Waals surface area (Å²) in [5.74, 6) is -0.466. The standard InChI is InChI=1S/C28H39N5O4/c1-4-20-15-25-23(26-24(27(34)30-25)17-29-33(26)21-7-13-37-14-8-21)16-22(20)28(35)32-11-10-31(19(2)18-32)9-5-6-12-36-3/h15-17,19,21-22H,4-14,18H2,1-3H3/t19-,22?/m1/s1. The Morgan fingerprint density at radius 3 is 2.76 bits per heavy atom. The van der Waals surface area contributed by atoms with Gasteiger partial charge in [-0.1, -0.05) is 18.6 Å². The predicted octanol–water partition coefficient (Wildman–Crippen LogP) is 3.14. The average molecular weight is 510 g/mol. The third-order valence-corrected chi connectivity index (χ3v) is 8.17. The quantitative estimate of drug-likeness (QED) is 0.500. The molecule has 1 aromatic heterocycles. The molecule has 200 valence electrons. The number of ether oxygens (including phenoxy) is 2. The molecule has 1 aliphatic carbocycles. The minimum atomic E-state index is -0.349. The Bertz CT molecular complexity index is 1110. The van der Waals surface area contributed by atoms with Crippen LogP contribution in [0.25, 0.3) is 5.57 Å². The molecule has 0 radical (unpaired) electrons. The van der Waals surface area contributed by atoms with Gasteiger partial charge in [0, 0.05) is 58.2 Å². The SMILES string of the molecule is CCC1=CC2=NC(=O)c3cnn(C4CCOCC4)c3C2=CC1C(=O)N1CCN(CCCCOC)[C@H](C)C1. The molecule has 2 saturated heterocycles. The van der Waals surface area contributed by atoms with E-state index in [4.69, 9.17) is 9.47 Å². The molecule has 0 saturated carbocycles. The summed E-state index contributed by atoms with van der Waals surface area (Å²) in [5, 5.41) is 4.61. The largest absolute Gasteiger partial charge is 0.385 e. The number of allylic oxidation sites excluding steroid dienone is 2. The van der Waals surface area contributed by atoms with Gasteiger partial charge in [0.2, 0.25) is 5.91 Å². The van der Waals surface area contributed by atoms with Crippen molar-refractivity contribution in [2.24, 2.45) is 10.9 Å². The van der Waals surface area contributed by atoms with Crippen LogP contribution in [0.15, 0.2) is 28.9 Å². The molecule has 3 aliphatic heterocycles. The summed E-state index contributed by atoms with van der Waals surface area (Å²) < 4.78 is 12.7. The van der Waals surface area contributed by atoms with E-state index in [0.29, 0.717) is 30.5 Å². The van der Waals surface area contributed by atoms with Crippen LogP contribution in [-0.4, -0.2) is 96.3 Å². The Labute approximate surface area is 219 Å². The van der Waals surface area contributed by atoms with Gasteiger partial charge in [-0.3, -0.25) is 19.2 Å². The first kappa shape index (κ1) is 26.0. The number of carbonyl (C=O) groups is 2. The lowest BCUT2D eigenvalue weighted by molar-refractivity contribution is -0.135. The van der Waals surface area contributed by atoms with E-state index in [-0.39, 0.29) is 23.8 Å². The topological polar surface area (TPSA) is 89.3 Å². The summed E-state index contributed by atoms with van der Waals surface area (Å²) in [6.45, 7) is 9.82. The molecule has 2 amide bonds. The average Bonchev–Trinajstić information content (AvgIpc) is 3.37. The molecule has 9 nitrogen and oxygen atoms in total. The maximum absolute atomic E-state index is 13.9. The van der Waals surface area contributed by atoms with Crippen LogP contribution in [0.4, 0.5) is 0 Å². The van der Waals surface area contributed by atoms with Crippen molar-refractivity contribution < 1.29 is 19.1 Å². The van der Waals surface area contributed by atoms with Crippen molar-refractivity contribution in [3.05, 3.63) is 35.2 Å². The highest BCUT2D eigenvalue weighted by Crippen LogP contribution is 2.37. The number of hydrogen-bond acceptors (Lipinski definition) is 6. The fourth-order valence-corrected chi connectivity index (χ4v) is 6.00. The zero-order valence-corrected chi connectivity index (χ0v) is 22.3. The van der Waals surface area contributed by atoms with E-state index < -0.39 is 0 Å². The van der Waals surface area contributed by atoms with E-state index in [2.05, 4.69) is 28.8 Å². The van der Waals surface area contributed by atoms with Crippen LogP contribution in [0.1, 0.15) is 68.0 Å². The molecule has 37 heavy (non-hydrogen) atoms. The van der Waals surface area contributed by atoms with Crippen LogP contribution in [0.2, 0.25) is 0 Å². The highest BCUT2D eigenvalue weighted by atomic mass is 16.5. The lowest BCUT2D eigenvalue weighted by Crippen LogP contribution is -2.55. The third-order valence-electron chi connectivity index (χ3n) is 8.17. The summed E-state index contributed by atoms with van der Waals surface area (Å²) in [6.07, 6.45) is 10.3. The second kappa shape index (κ2) is 11.4. The number of fused-ring (bicyclic) bond motifs is 3. The van der Waals surface area contributed by atoms with Gasteiger partial charge in [-0.15, -0.1) is 0 Å². The first-order chi connectivity index (χ1) is 18.0. The fourth-order valence-electron chi connectivity index (χ4n) is 6.00. The number of aromatic nitrogens is 2. The number of methoxy groups -OCH3 is 1. The highest BCUT2D eigenvalue weighted by Gasteiger charge is 2.37. The van der Waals surface area contributed by atoms with Gasteiger partial charge in [-0.05, 0) is 51.6 Å². The minimum Gasteiger partial charge on any atom is -0.385 e. The van der Waals surface area contributed by atoms with Crippen molar-refractivity contribution in [2.75, 3.05) is 53.1 Å². The zero-order chi connectivity index (χ0) is 25.9. The molecule has 4 aliphatic rings. The number of piperazine rings is 1. The molecule has 0 N–H and O–H groups in total. The Morgan fingerprint density at radius 1 is 1.22 bits per heavy atom. The Morgan fingerprint density at radius 2 is 2.03 bits per heavy atom. The predicted molar refractivity (Wildman–Crippen MR) is 142 cm³/mol. The molecule has 5 rings (SSSR count). The monoisotopic (exact) mass is 509 g/mol. The molecule has 4 heterocycles. The molecule has 1 aromatic rings. The van der Waals surface area contributed by atoms with E-state index in [1.54, 1.807) is 13.3 Å². The number of unbranched alkanes of at least 4 members (excludes halogenated alkanes) is 1. The van der Waals surface area contributed by atoms with Gasteiger partial charge in [-0.25, -0.2) is 4.99 Å². The van der Waals surface area contributed by atoms with Crippen LogP contribution in [-0.2, 0) is 14.3 Å². The second-order valence-electron chi connectivity index (χ2n) is 10.5. The van der Waals surface area contributed by atoms with Gasteiger partial charge >= 0.3 is 0 Å². The van der Waals surface area contributed by atoms with Gasteiger partial charge in [0.25, 0.3) is 5.91 Å². The molecule has 0 bridgehead atoms. The third kappa shape index (κ3) is 5.22. The number of amides is 2. The van der Waals surface area contributed by atoms with Gasteiger partial charge in [0.15, 0.2) is 0 Å². The van der Waals surface area contributed by atoms with Crippen LogP contribution < -0.4 is 0 Å². The van der Waals surface area contributed by atoms with Crippen LogP contribution in [0.3, 0.4) is 0 Å². The number of aliphatic imine (C=N–C) groups is 1. The number of nitrogens with zero attached hydrogens (tertiary/aromatic N) is 5. The van der Waals surface area contributed by atoms with Crippen molar-refractivity contribution in [1.82, 2.24) is 19.6 Å². The summed E-state index contributed by atoms with van der Waals surface area (Å²) in [5.41, 5.74) is 3.85. The van der Waals surface area contributed by atoms with E-state index >= 15 is 0 Å². The number of rotatable bonds is 8. The maximum Gasteiger partial charge on any atom is 0.281 e. The van der Waals surface area contributed by atoms with Crippen molar-refractivity contribution in [3.8, 4) is 0 Å². The number of carbonyl (C=O) groups excluding carboxylic acids is 2. The van der Waals surface area contributed by atoms with Gasteiger partial charge < -0.3 is 14.4 Å². The zero-order valence-electron chi connectivity index (χ0n) is 22.3. The minimum absolute atomic E-state index is 0.140. The molecule has 2 atom stereocenters. The summed E-state index contributed by atoms with van der Waals surface area (Å²) in [6, 6.07) is 0.491. The fraction of sp³-hybridized carbons (Fsp3) is 0.643. The summed E-state index contributed by atoms with van der Waals surface area (Å²) >= 11 is 0. The molecule has 0 aromatic carbocycles. The highest BCUT2D eigenvalue weighted by molar-refractivity contribution is 6.36. The van der Waals surface area contributed by atoms with E-state index in [9.17, 15) is 9.59 Å². The lowest BCUT2D eigenvalue weighted by atomic mass is 9.82. The van der Waals surface area contributed by atoms with Gasteiger partial charge in [0.05, 0.1) is 35.1 Å². The van der Waals surface area contributed by atoms with Crippen molar-refractivity contribution in [3.63, 3.8) is 0 Å². The first-order valence-electron chi connectivity index (χ1n) is 13.7. The van der Waals surface area contributed by atoms with Gasteiger partial charge in [0.1, 0.15) is 0 Å². The molecular weight excluding hydrogens is 470 g/mol. The van der Waals surface area contributed by atoms with Crippen LogP contribution >= 0.6 is 0 Å². The normalized spacial score (nSPS) is 24.8. The van der Waals surface area contributed by atoms with E-state index in [1.165, 1.54) is 0 Å². The van der Waals surface area contributed by atoms with Crippen molar-refractivity contribution in [2.45, 2.75) is 58.0 Å². The van der Waals surface area contributed by atoms with E-state index in [0.717, 1.165) is 81.7 Å². The lowest BCUT2D eigenvalue weighted by Gasteiger charge is -2.41. The van der Waals surface area contributed by atoms with Gasteiger partial charge in [-0.2, -0.15) is 5.10 Å². The summed E-state index contributed by atoms with van der Waals surface area (Å²) in [4.78, 5) is 35.7. The molecular formula is C28H39N5O4. The van der Waals surface area contributed by atoms with Crippen molar-refractivity contribution in [1.29, 1.82) is 0 Å². The molecule has 9 heteroatoms. The molecule has 1 unspecified atom stereocenters. The molecule has 0 spiro atoms. The smallest absolute Gasteiger partial charge is 0.281 e. The maximum atomic E-state index is 13.9. The Hall–Kier alpha value is -2.62. The summed E-state index contributed by atoms with van der Waals surface area (Å²) in [7, 11) is 1.74. The Kier molecular flexibility index (Phi) is 8.02. The Balaban J connectivity index is 1.37.